The number of pyridine rings is 2. The number of hydrogen-bond acceptors (Lipinski definition) is 4. The van der Waals surface area contributed by atoms with Gasteiger partial charge in [0.05, 0.1) is 12.2 Å². The Labute approximate surface area is 136 Å². The number of hydrogen-bond donors (Lipinski definition) is 0. The lowest BCUT2D eigenvalue weighted by Gasteiger charge is -2.10. The topological polar surface area (TPSA) is 52.8 Å². The van der Waals surface area contributed by atoms with Crippen molar-refractivity contribution in [2.24, 2.45) is 0 Å². The van der Waals surface area contributed by atoms with Gasteiger partial charge in [0.1, 0.15) is 6.61 Å². The summed E-state index contributed by atoms with van der Waals surface area (Å²) in [5, 5.41) is 4.31. The van der Waals surface area contributed by atoms with E-state index in [-0.39, 0.29) is 0 Å². The number of ether oxygens (including phenoxy) is 1. The van der Waals surface area contributed by atoms with E-state index in [1.54, 1.807) is 6.20 Å². The van der Waals surface area contributed by atoms with Gasteiger partial charge < -0.3 is 4.74 Å². The Hall–Kier alpha value is -2.69. The molecule has 0 radical (unpaired) electrons. The van der Waals surface area contributed by atoms with Gasteiger partial charge in [-0.3, -0.25) is 9.67 Å². The van der Waals surface area contributed by atoms with Crippen LogP contribution in [0, 0.1) is 20.8 Å². The molecule has 0 spiro atoms. The average molecular weight is 308 g/mol. The van der Waals surface area contributed by atoms with Gasteiger partial charge in [0.25, 0.3) is 0 Å². The first-order valence-corrected chi connectivity index (χ1v) is 7.60. The molecule has 0 atom stereocenters. The summed E-state index contributed by atoms with van der Waals surface area (Å²) in [5.41, 5.74) is 5.51. The molecule has 0 aromatic carbocycles. The molecule has 0 bridgehead atoms. The lowest BCUT2D eigenvalue weighted by molar-refractivity contribution is 0.289. The van der Waals surface area contributed by atoms with Gasteiger partial charge >= 0.3 is 0 Å². The number of aromatic nitrogens is 4. The van der Waals surface area contributed by atoms with Crippen LogP contribution in [0.3, 0.4) is 0 Å². The Bertz CT molecular complexity index is 810. The third-order valence-electron chi connectivity index (χ3n) is 3.78. The van der Waals surface area contributed by atoms with Gasteiger partial charge in [-0.25, -0.2) is 4.98 Å². The normalized spacial score (nSPS) is 10.7. The molecule has 0 amide bonds. The van der Waals surface area contributed by atoms with Gasteiger partial charge in [-0.2, -0.15) is 5.10 Å². The van der Waals surface area contributed by atoms with Crippen molar-refractivity contribution in [2.45, 2.75) is 33.9 Å². The second-order valence-corrected chi connectivity index (χ2v) is 5.69. The van der Waals surface area contributed by atoms with Crippen molar-refractivity contribution in [2.75, 3.05) is 0 Å². The molecule has 5 nitrogen and oxygen atoms in total. The van der Waals surface area contributed by atoms with Crippen molar-refractivity contribution < 1.29 is 4.74 Å². The quantitative estimate of drug-likeness (QED) is 0.726. The highest BCUT2D eigenvalue weighted by Gasteiger charge is 2.06. The molecular formula is C18H20N4O. The van der Waals surface area contributed by atoms with E-state index in [1.165, 1.54) is 5.56 Å². The van der Waals surface area contributed by atoms with E-state index in [2.05, 4.69) is 28.1 Å². The molecule has 118 valence electrons. The summed E-state index contributed by atoms with van der Waals surface area (Å²) >= 11 is 0. The highest BCUT2D eigenvalue weighted by molar-refractivity contribution is 5.26. The van der Waals surface area contributed by atoms with Gasteiger partial charge in [0.2, 0.25) is 5.88 Å². The lowest BCUT2D eigenvalue weighted by atomic mass is 10.1. The van der Waals surface area contributed by atoms with Crippen molar-refractivity contribution in [1.29, 1.82) is 0 Å². The maximum atomic E-state index is 5.70. The van der Waals surface area contributed by atoms with Crippen LogP contribution in [0.2, 0.25) is 0 Å². The fraction of sp³-hybridized carbons (Fsp3) is 0.278. The Morgan fingerprint density at radius 3 is 2.61 bits per heavy atom. The number of aryl methyl sites for hydroxylation is 3. The van der Waals surface area contributed by atoms with Crippen molar-refractivity contribution in [3.05, 3.63) is 70.9 Å². The van der Waals surface area contributed by atoms with Crippen LogP contribution in [0.15, 0.2) is 42.9 Å². The number of nitrogens with zero attached hydrogens (tertiary/aromatic N) is 4. The average Bonchev–Trinajstić information content (AvgIpc) is 2.93. The van der Waals surface area contributed by atoms with E-state index in [1.807, 2.05) is 49.1 Å². The summed E-state index contributed by atoms with van der Waals surface area (Å²) in [6.45, 7) is 7.30. The SMILES string of the molecule is Cc1ccnc(OCc2cc(C)c(Cn3nccc3C)cn2)c1. The molecule has 5 heteroatoms. The summed E-state index contributed by atoms with van der Waals surface area (Å²) < 4.78 is 7.67. The predicted molar refractivity (Wildman–Crippen MR) is 88.3 cm³/mol. The molecule has 23 heavy (non-hydrogen) atoms. The van der Waals surface area contributed by atoms with Gasteiger partial charge in [0.15, 0.2) is 0 Å². The third-order valence-corrected chi connectivity index (χ3v) is 3.78. The summed E-state index contributed by atoms with van der Waals surface area (Å²) in [7, 11) is 0. The van der Waals surface area contributed by atoms with Gasteiger partial charge in [0, 0.05) is 30.4 Å². The first kappa shape index (κ1) is 15.2. The highest BCUT2D eigenvalue weighted by atomic mass is 16.5. The van der Waals surface area contributed by atoms with Crippen LogP contribution in [0.1, 0.15) is 28.1 Å². The molecule has 0 fully saturated rings. The highest BCUT2D eigenvalue weighted by Crippen LogP contribution is 2.14. The van der Waals surface area contributed by atoms with Crippen LogP contribution in [-0.4, -0.2) is 19.7 Å². The van der Waals surface area contributed by atoms with E-state index in [0.717, 1.165) is 29.1 Å². The van der Waals surface area contributed by atoms with Crippen LogP contribution in [0.25, 0.3) is 0 Å². The maximum Gasteiger partial charge on any atom is 0.213 e. The molecule has 0 aliphatic carbocycles. The van der Waals surface area contributed by atoms with E-state index in [4.69, 9.17) is 4.74 Å². The minimum Gasteiger partial charge on any atom is -0.471 e. The molecule has 3 aromatic heterocycles. The van der Waals surface area contributed by atoms with E-state index >= 15 is 0 Å². The third kappa shape index (κ3) is 3.74. The van der Waals surface area contributed by atoms with Crippen molar-refractivity contribution in [3.8, 4) is 5.88 Å². The number of rotatable bonds is 5. The van der Waals surface area contributed by atoms with Gasteiger partial charge in [-0.15, -0.1) is 0 Å². The standard InChI is InChI=1S/C18H20N4O/c1-13-4-6-19-18(8-13)23-12-17-9-14(2)16(10-20-17)11-22-15(3)5-7-21-22/h4-10H,11-12H2,1-3H3. The Balaban J connectivity index is 1.68. The zero-order valence-corrected chi connectivity index (χ0v) is 13.7. The zero-order chi connectivity index (χ0) is 16.2. The maximum absolute atomic E-state index is 5.70. The van der Waals surface area contributed by atoms with E-state index in [0.29, 0.717) is 12.5 Å². The molecule has 0 saturated heterocycles. The fourth-order valence-electron chi connectivity index (χ4n) is 2.35. The first-order chi connectivity index (χ1) is 11.1. The summed E-state index contributed by atoms with van der Waals surface area (Å²) in [6.07, 6.45) is 5.47. The van der Waals surface area contributed by atoms with Crippen molar-refractivity contribution in [3.63, 3.8) is 0 Å². The lowest BCUT2D eigenvalue weighted by Crippen LogP contribution is -2.07. The van der Waals surface area contributed by atoms with Gasteiger partial charge in [-0.1, -0.05) is 0 Å². The van der Waals surface area contributed by atoms with Crippen LogP contribution < -0.4 is 4.74 Å². The minimum atomic E-state index is 0.415. The molecule has 3 aromatic rings. The van der Waals surface area contributed by atoms with Gasteiger partial charge in [-0.05, 0) is 55.7 Å². The summed E-state index contributed by atoms with van der Waals surface area (Å²) in [5.74, 6) is 0.626. The molecule has 0 aliphatic rings. The molecule has 0 N–H and O–H groups in total. The van der Waals surface area contributed by atoms with Crippen molar-refractivity contribution >= 4 is 0 Å². The Morgan fingerprint density at radius 1 is 1.04 bits per heavy atom. The largest absolute Gasteiger partial charge is 0.471 e. The summed E-state index contributed by atoms with van der Waals surface area (Å²) in [4.78, 5) is 8.69. The minimum absolute atomic E-state index is 0.415. The van der Waals surface area contributed by atoms with Crippen LogP contribution in [0.5, 0.6) is 5.88 Å². The first-order valence-electron chi connectivity index (χ1n) is 7.60. The van der Waals surface area contributed by atoms with E-state index in [9.17, 15) is 0 Å². The van der Waals surface area contributed by atoms with Crippen LogP contribution in [0.4, 0.5) is 0 Å². The van der Waals surface area contributed by atoms with Crippen molar-refractivity contribution in [1.82, 2.24) is 19.7 Å². The molecule has 3 heterocycles. The Kier molecular flexibility index (Phi) is 4.37. The van der Waals surface area contributed by atoms with Crippen LogP contribution >= 0.6 is 0 Å². The fourth-order valence-corrected chi connectivity index (χ4v) is 2.35. The monoisotopic (exact) mass is 308 g/mol. The second-order valence-electron chi connectivity index (χ2n) is 5.69. The molecule has 0 aliphatic heterocycles. The molecular weight excluding hydrogens is 288 g/mol. The molecule has 3 rings (SSSR count). The Morgan fingerprint density at radius 2 is 1.91 bits per heavy atom. The van der Waals surface area contributed by atoms with Crippen LogP contribution in [-0.2, 0) is 13.2 Å². The summed E-state index contributed by atoms with van der Waals surface area (Å²) in [6, 6.07) is 7.92. The second kappa shape index (κ2) is 6.60. The molecule has 0 unspecified atom stereocenters. The van der Waals surface area contributed by atoms with E-state index < -0.39 is 0 Å². The molecule has 0 saturated carbocycles. The predicted octanol–water partition coefficient (Wildman–Crippen LogP) is 3.23. The smallest absolute Gasteiger partial charge is 0.213 e. The zero-order valence-electron chi connectivity index (χ0n) is 13.7.